The molecule has 3 aromatic rings. The zero-order valence-electron chi connectivity index (χ0n) is 16.0. The number of methoxy groups -OCH3 is 1. The maximum Gasteiger partial charge on any atom is 0.312 e. The second-order valence-corrected chi connectivity index (χ2v) is 8.22. The Balaban J connectivity index is 1.89. The van der Waals surface area contributed by atoms with Crippen LogP contribution in [0.25, 0.3) is 5.69 Å². The number of nitro groups is 1. The van der Waals surface area contributed by atoms with Gasteiger partial charge < -0.3 is 4.74 Å². The highest BCUT2D eigenvalue weighted by atomic mass is 32.2. The highest BCUT2D eigenvalue weighted by molar-refractivity contribution is 7.89. The van der Waals surface area contributed by atoms with Gasteiger partial charge >= 0.3 is 5.69 Å². The van der Waals surface area contributed by atoms with Gasteiger partial charge in [-0.2, -0.15) is 9.40 Å². The molecular formula is C18H19N5O5S. The third kappa shape index (κ3) is 3.96. The first-order valence-electron chi connectivity index (χ1n) is 8.51. The van der Waals surface area contributed by atoms with Crippen molar-refractivity contribution in [1.29, 1.82) is 0 Å². The van der Waals surface area contributed by atoms with Crippen molar-refractivity contribution in [2.45, 2.75) is 17.9 Å². The van der Waals surface area contributed by atoms with Crippen LogP contribution in [0.1, 0.15) is 18.5 Å². The molecule has 152 valence electrons. The SMILES string of the molecule is COc1ccc(S(=O)(=O)N(C)C(C)c2ccc(-n3cncn3)cc2)cc1[N+](=O)[O-]. The lowest BCUT2D eigenvalue weighted by Crippen LogP contribution is -2.29. The van der Waals surface area contributed by atoms with E-state index in [1.807, 2.05) is 0 Å². The maximum atomic E-state index is 13.0. The van der Waals surface area contributed by atoms with E-state index in [0.29, 0.717) is 0 Å². The molecule has 29 heavy (non-hydrogen) atoms. The molecule has 10 nitrogen and oxygen atoms in total. The van der Waals surface area contributed by atoms with Gasteiger partial charge in [0.1, 0.15) is 12.7 Å². The van der Waals surface area contributed by atoms with Crippen LogP contribution in [0.15, 0.2) is 60.0 Å². The van der Waals surface area contributed by atoms with Crippen molar-refractivity contribution in [2.75, 3.05) is 14.2 Å². The Morgan fingerprint density at radius 3 is 2.45 bits per heavy atom. The fourth-order valence-corrected chi connectivity index (χ4v) is 4.18. The molecule has 2 aromatic carbocycles. The third-order valence-corrected chi connectivity index (χ3v) is 6.55. The summed E-state index contributed by atoms with van der Waals surface area (Å²) in [6.07, 6.45) is 2.98. The Hall–Kier alpha value is -3.31. The molecule has 0 saturated carbocycles. The molecule has 0 fully saturated rings. The van der Waals surface area contributed by atoms with Crippen LogP contribution >= 0.6 is 0 Å². The lowest BCUT2D eigenvalue weighted by atomic mass is 10.1. The molecule has 11 heteroatoms. The van der Waals surface area contributed by atoms with Gasteiger partial charge in [0.25, 0.3) is 0 Å². The molecule has 1 atom stereocenters. The van der Waals surface area contributed by atoms with Crippen molar-refractivity contribution in [3.8, 4) is 11.4 Å². The van der Waals surface area contributed by atoms with E-state index in [0.717, 1.165) is 17.3 Å². The van der Waals surface area contributed by atoms with E-state index in [-0.39, 0.29) is 10.6 Å². The van der Waals surface area contributed by atoms with E-state index >= 15 is 0 Å². The van der Waals surface area contributed by atoms with Crippen LogP contribution in [-0.2, 0) is 10.0 Å². The molecule has 0 spiro atoms. The van der Waals surface area contributed by atoms with Crippen LogP contribution in [-0.4, -0.2) is 46.6 Å². The highest BCUT2D eigenvalue weighted by Gasteiger charge is 2.29. The first-order chi connectivity index (χ1) is 13.8. The summed E-state index contributed by atoms with van der Waals surface area (Å²) in [5.74, 6) is -0.00616. The van der Waals surface area contributed by atoms with Gasteiger partial charge in [0.05, 0.1) is 22.6 Å². The first kappa shape index (κ1) is 20.4. The van der Waals surface area contributed by atoms with E-state index < -0.39 is 26.7 Å². The summed E-state index contributed by atoms with van der Waals surface area (Å²) in [5, 5.41) is 15.3. The molecule has 1 unspecified atom stereocenters. The maximum absolute atomic E-state index is 13.0. The lowest BCUT2D eigenvalue weighted by Gasteiger charge is -2.25. The van der Waals surface area contributed by atoms with Gasteiger partial charge in [-0.3, -0.25) is 10.1 Å². The smallest absolute Gasteiger partial charge is 0.312 e. The Morgan fingerprint density at radius 2 is 1.90 bits per heavy atom. The summed E-state index contributed by atoms with van der Waals surface area (Å²) in [6, 6.07) is 10.3. The van der Waals surface area contributed by atoms with Crippen LogP contribution in [0.2, 0.25) is 0 Å². The molecule has 3 rings (SSSR count). The van der Waals surface area contributed by atoms with Crippen LogP contribution in [0, 0.1) is 10.1 Å². The van der Waals surface area contributed by atoms with Crippen LogP contribution in [0.5, 0.6) is 5.75 Å². The van der Waals surface area contributed by atoms with Crippen molar-refractivity contribution >= 4 is 15.7 Å². The number of sulfonamides is 1. The number of benzene rings is 2. The minimum atomic E-state index is -3.97. The van der Waals surface area contributed by atoms with Crippen molar-refractivity contribution in [3.05, 3.63) is 70.8 Å². The fraction of sp³-hybridized carbons (Fsp3) is 0.222. The minimum Gasteiger partial charge on any atom is -0.490 e. The average Bonchev–Trinajstić information content (AvgIpc) is 3.27. The molecule has 0 bridgehead atoms. The minimum absolute atomic E-state index is 0.00616. The van der Waals surface area contributed by atoms with Crippen molar-refractivity contribution in [2.24, 2.45) is 0 Å². The Bertz CT molecular complexity index is 1110. The molecule has 0 aliphatic heterocycles. The average molecular weight is 417 g/mol. The molecule has 1 aromatic heterocycles. The van der Waals surface area contributed by atoms with E-state index in [9.17, 15) is 18.5 Å². The second-order valence-electron chi connectivity index (χ2n) is 6.22. The lowest BCUT2D eigenvalue weighted by molar-refractivity contribution is -0.386. The highest BCUT2D eigenvalue weighted by Crippen LogP contribution is 2.32. The topological polar surface area (TPSA) is 120 Å². The summed E-state index contributed by atoms with van der Waals surface area (Å²) in [7, 11) is -1.26. The standard InChI is InChI=1S/C18H19N5O5S/c1-13(14-4-6-15(7-5-14)22-12-19-11-20-22)21(2)29(26,27)16-8-9-18(28-3)17(10-16)23(24)25/h4-13H,1-3H3. The van der Waals surface area contributed by atoms with Crippen molar-refractivity contribution in [1.82, 2.24) is 19.1 Å². The summed E-state index contributed by atoms with van der Waals surface area (Å²) >= 11 is 0. The van der Waals surface area contributed by atoms with Gasteiger partial charge in [-0.05, 0) is 36.8 Å². The first-order valence-corrected chi connectivity index (χ1v) is 9.95. The summed E-state index contributed by atoms with van der Waals surface area (Å²) in [4.78, 5) is 14.3. The summed E-state index contributed by atoms with van der Waals surface area (Å²) in [5.41, 5.74) is 1.13. The van der Waals surface area contributed by atoms with Crippen LogP contribution in [0.4, 0.5) is 5.69 Å². The van der Waals surface area contributed by atoms with Crippen molar-refractivity contribution in [3.63, 3.8) is 0 Å². The largest absolute Gasteiger partial charge is 0.490 e. The molecule has 0 N–H and O–H groups in total. The number of aromatic nitrogens is 3. The van der Waals surface area contributed by atoms with Gasteiger partial charge in [0.15, 0.2) is 5.75 Å². The number of nitrogens with zero attached hydrogens (tertiary/aromatic N) is 5. The van der Waals surface area contributed by atoms with Gasteiger partial charge in [0, 0.05) is 19.2 Å². The van der Waals surface area contributed by atoms with Gasteiger partial charge in [-0.15, -0.1) is 0 Å². The van der Waals surface area contributed by atoms with E-state index in [4.69, 9.17) is 4.74 Å². The number of ether oxygens (including phenoxy) is 1. The summed E-state index contributed by atoms with van der Waals surface area (Å²) in [6.45, 7) is 1.74. The van der Waals surface area contributed by atoms with E-state index in [2.05, 4.69) is 10.1 Å². The van der Waals surface area contributed by atoms with Gasteiger partial charge in [-0.1, -0.05) is 12.1 Å². The normalized spacial score (nSPS) is 12.7. The fourth-order valence-electron chi connectivity index (χ4n) is 2.80. The van der Waals surface area contributed by atoms with Gasteiger partial charge in [0.2, 0.25) is 10.0 Å². The number of nitro benzene ring substituents is 1. The molecular weight excluding hydrogens is 398 g/mol. The van der Waals surface area contributed by atoms with Gasteiger partial charge in [-0.25, -0.2) is 18.1 Å². The predicted octanol–water partition coefficient (Wildman–Crippen LogP) is 2.57. The molecule has 0 aliphatic rings. The molecule has 0 saturated heterocycles. The number of rotatable bonds is 7. The zero-order valence-corrected chi connectivity index (χ0v) is 16.8. The van der Waals surface area contributed by atoms with E-state index in [1.165, 1.54) is 36.9 Å². The number of hydrogen-bond donors (Lipinski definition) is 0. The Labute approximate surface area is 167 Å². The molecule has 1 heterocycles. The van der Waals surface area contributed by atoms with Crippen LogP contribution in [0.3, 0.4) is 0 Å². The summed E-state index contributed by atoms with van der Waals surface area (Å²) < 4.78 is 33.7. The van der Waals surface area contributed by atoms with E-state index in [1.54, 1.807) is 42.2 Å². The Morgan fingerprint density at radius 1 is 1.21 bits per heavy atom. The molecule has 0 aliphatic carbocycles. The Kier molecular flexibility index (Phi) is 5.62. The quantitative estimate of drug-likeness (QED) is 0.428. The zero-order chi connectivity index (χ0) is 21.2. The predicted molar refractivity (Wildman–Crippen MR) is 104 cm³/mol. The number of hydrogen-bond acceptors (Lipinski definition) is 7. The third-order valence-electron chi connectivity index (χ3n) is 4.63. The molecule has 0 radical (unpaired) electrons. The second kappa shape index (κ2) is 7.97. The van der Waals surface area contributed by atoms with Crippen LogP contribution < -0.4 is 4.74 Å². The molecule has 0 amide bonds. The monoisotopic (exact) mass is 417 g/mol. The van der Waals surface area contributed by atoms with Crippen molar-refractivity contribution < 1.29 is 18.1 Å².